The van der Waals surface area contributed by atoms with Crippen molar-refractivity contribution < 1.29 is 18.0 Å². The van der Waals surface area contributed by atoms with Crippen LogP contribution in [-0.2, 0) is 12.6 Å². The Labute approximate surface area is 206 Å². The molecule has 9 heteroatoms. The zero-order valence-corrected chi connectivity index (χ0v) is 19.7. The Morgan fingerprint density at radius 2 is 1.80 bits per heavy atom. The molecule has 0 spiro atoms. The summed E-state index contributed by atoms with van der Waals surface area (Å²) in [5.41, 5.74) is 1.12. The second-order valence-corrected chi connectivity index (χ2v) is 8.72. The number of anilines is 1. The smallest absolute Gasteiger partial charge is 0.368 e. The number of carbonyl (C=O) groups is 1. The molecule has 0 aliphatic carbocycles. The molecule has 1 saturated heterocycles. The Morgan fingerprint density at radius 3 is 2.49 bits per heavy atom. The Kier molecular flexibility index (Phi) is 7.39. The number of hydrogen-bond donors (Lipinski definition) is 0. The summed E-state index contributed by atoms with van der Waals surface area (Å²) in [7, 11) is 1.95. The molecule has 0 radical (unpaired) electrons. The highest BCUT2D eigenvalue weighted by Gasteiger charge is 2.35. The molecule has 1 fully saturated rings. The van der Waals surface area contributed by atoms with E-state index in [-0.39, 0.29) is 17.9 Å². The molecule has 35 heavy (non-hydrogen) atoms. The third kappa shape index (κ3) is 6.18. The number of piperazine rings is 1. The van der Waals surface area contributed by atoms with E-state index in [1.165, 1.54) is 18.5 Å². The maximum absolute atomic E-state index is 13.9. The molecule has 1 aliphatic rings. The van der Waals surface area contributed by atoms with Crippen molar-refractivity contribution in [1.82, 2.24) is 15.1 Å². The van der Waals surface area contributed by atoms with Gasteiger partial charge < -0.3 is 9.80 Å². The summed E-state index contributed by atoms with van der Waals surface area (Å²) >= 11 is 6.22. The van der Waals surface area contributed by atoms with Crippen LogP contribution >= 0.6 is 11.6 Å². The van der Waals surface area contributed by atoms with Gasteiger partial charge in [-0.25, -0.2) is 0 Å². The molecule has 180 valence electrons. The van der Waals surface area contributed by atoms with Crippen molar-refractivity contribution in [1.29, 1.82) is 0 Å². The first-order valence-corrected chi connectivity index (χ1v) is 11.3. The number of rotatable bonds is 4. The minimum absolute atomic E-state index is 0.149. The zero-order chi connectivity index (χ0) is 25.0. The van der Waals surface area contributed by atoms with Gasteiger partial charge in [0.1, 0.15) is 0 Å². The fraction of sp³-hybridized carbons (Fsp3) is 0.269. The van der Waals surface area contributed by atoms with Crippen LogP contribution in [-0.4, -0.2) is 54.1 Å². The monoisotopic (exact) mass is 498 g/mol. The molecule has 0 N–H and O–H groups in total. The lowest BCUT2D eigenvalue weighted by Crippen LogP contribution is -2.45. The van der Waals surface area contributed by atoms with Gasteiger partial charge in [0.05, 0.1) is 23.0 Å². The van der Waals surface area contributed by atoms with Crippen LogP contribution in [0.3, 0.4) is 0 Å². The van der Waals surface area contributed by atoms with E-state index in [0.717, 1.165) is 6.07 Å². The van der Waals surface area contributed by atoms with Crippen molar-refractivity contribution in [3.8, 4) is 11.8 Å². The molecular formula is C26H22ClF3N4O. The molecule has 1 aromatic heterocycles. The molecule has 0 unspecified atom stereocenters. The lowest BCUT2D eigenvalue weighted by molar-refractivity contribution is -0.137. The van der Waals surface area contributed by atoms with Crippen molar-refractivity contribution in [3.63, 3.8) is 0 Å². The van der Waals surface area contributed by atoms with E-state index >= 15 is 0 Å². The molecule has 0 atom stereocenters. The van der Waals surface area contributed by atoms with Crippen LogP contribution in [0.25, 0.3) is 0 Å². The van der Waals surface area contributed by atoms with Gasteiger partial charge in [0.2, 0.25) is 0 Å². The van der Waals surface area contributed by atoms with Gasteiger partial charge in [-0.05, 0) is 49.0 Å². The highest BCUT2D eigenvalue weighted by atomic mass is 35.5. The second-order valence-electron chi connectivity index (χ2n) is 8.32. The van der Waals surface area contributed by atoms with Crippen LogP contribution in [0.2, 0.25) is 5.02 Å². The van der Waals surface area contributed by atoms with Crippen molar-refractivity contribution in [2.75, 3.05) is 38.1 Å². The zero-order valence-electron chi connectivity index (χ0n) is 18.9. The summed E-state index contributed by atoms with van der Waals surface area (Å²) in [5.74, 6) is 5.48. The Bertz CT molecular complexity index is 1280. The third-order valence-corrected chi connectivity index (χ3v) is 6.12. The predicted octanol–water partition coefficient (Wildman–Crippen LogP) is 4.73. The van der Waals surface area contributed by atoms with E-state index in [4.69, 9.17) is 11.6 Å². The highest BCUT2D eigenvalue weighted by molar-refractivity contribution is 6.31. The number of hydrogen-bond acceptors (Lipinski definition) is 5. The summed E-state index contributed by atoms with van der Waals surface area (Å²) in [6, 6.07) is 10.5. The second kappa shape index (κ2) is 10.5. The van der Waals surface area contributed by atoms with Gasteiger partial charge in [0, 0.05) is 55.0 Å². The fourth-order valence-electron chi connectivity index (χ4n) is 3.83. The number of aromatic nitrogens is 2. The molecule has 0 amide bonds. The molecule has 0 saturated carbocycles. The normalized spacial score (nSPS) is 14.4. The number of Topliss-reactive ketones (excluding diaryl/α,β-unsaturated/α-hetero) is 1. The van der Waals surface area contributed by atoms with Gasteiger partial charge in [0.15, 0.2) is 5.78 Å². The lowest BCUT2D eigenvalue weighted by Gasteiger charge is -2.35. The number of ketones is 1. The summed E-state index contributed by atoms with van der Waals surface area (Å²) in [5, 5.41) is 7.81. The van der Waals surface area contributed by atoms with Crippen LogP contribution in [0.15, 0.2) is 54.9 Å². The average Bonchev–Trinajstić information content (AvgIpc) is 2.84. The maximum Gasteiger partial charge on any atom is 0.418 e. The van der Waals surface area contributed by atoms with Crippen LogP contribution in [0, 0.1) is 11.8 Å². The largest absolute Gasteiger partial charge is 0.418 e. The fourth-order valence-corrected chi connectivity index (χ4v) is 3.99. The summed E-state index contributed by atoms with van der Waals surface area (Å²) < 4.78 is 41.6. The number of alkyl halides is 3. The van der Waals surface area contributed by atoms with Gasteiger partial charge in [0.25, 0.3) is 0 Å². The molecular weight excluding hydrogens is 477 g/mol. The van der Waals surface area contributed by atoms with Gasteiger partial charge in [-0.1, -0.05) is 29.5 Å². The quantitative estimate of drug-likeness (QED) is 0.384. The molecule has 4 rings (SSSR count). The lowest BCUT2D eigenvalue weighted by atomic mass is 9.98. The van der Waals surface area contributed by atoms with Crippen molar-refractivity contribution >= 4 is 23.1 Å². The number of benzene rings is 2. The predicted molar refractivity (Wildman–Crippen MR) is 129 cm³/mol. The van der Waals surface area contributed by atoms with E-state index in [0.29, 0.717) is 53.5 Å². The molecule has 3 aromatic rings. The number of likely N-dealkylation sites (N-methyl/N-ethyl adjacent to an activating group) is 1. The van der Waals surface area contributed by atoms with Gasteiger partial charge in [-0.15, -0.1) is 0 Å². The number of nitrogens with zero attached hydrogens (tertiary/aromatic N) is 4. The van der Waals surface area contributed by atoms with E-state index < -0.39 is 11.7 Å². The summed E-state index contributed by atoms with van der Waals surface area (Å²) in [4.78, 5) is 16.8. The van der Waals surface area contributed by atoms with Crippen LogP contribution in [0.1, 0.15) is 32.6 Å². The van der Waals surface area contributed by atoms with E-state index in [1.54, 1.807) is 35.2 Å². The minimum atomic E-state index is -4.53. The minimum Gasteiger partial charge on any atom is -0.368 e. The first-order valence-electron chi connectivity index (χ1n) is 11.0. The van der Waals surface area contributed by atoms with Crippen LogP contribution in [0.4, 0.5) is 18.9 Å². The molecule has 0 bridgehead atoms. The number of carbonyl (C=O) groups excluding carboxylic acids is 1. The Hall–Kier alpha value is -3.41. The van der Waals surface area contributed by atoms with Crippen LogP contribution < -0.4 is 4.90 Å². The molecule has 5 nitrogen and oxygen atoms in total. The van der Waals surface area contributed by atoms with Crippen molar-refractivity contribution in [3.05, 3.63) is 87.7 Å². The summed E-state index contributed by atoms with van der Waals surface area (Å²) in [6.07, 6.45) is -1.69. The van der Waals surface area contributed by atoms with Crippen molar-refractivity contribution in [2.24, 2.45) is 0 Å². The first kappa shape index (κ1) is 24.7. The Balaban J connectivity index is 1.56. The summed E-state index contributed by atoms with van der Waals surface area (Å²) in [6.45, 7) is 2.41. The van der Waals surface area contributed by atoms with E-state index in [1.807, 2.05) is 7.05 Å². The highest BCUT2D eigenvalue weighted by Crippen LogP contribution is 2.38. The van der Waals surface area contributed by atoms with E-state index in [2.05, 4.69) is 26.9 Å². The maximum atomic E-state index is 13.9. The molecule has 1 aliphatic heterocycles. The standard InChI is InChI=1S/C26H22ClF3N4O/c1-33-10-12-34(13-11-33)24-7-3-19(14-22(24)26(28,29)30)15-25(35)21-5-6-23(27)20(16-21)4-2-18-8-9-31-32-17-18/h3,5-9,14,16-17H,10-13,15H2,1H3. The third-order valence-electron chi connectivity index (χ3n) is 5.79. The average molecular weight is 499 g/mol. The van der Waals surface area contributed by atoms with Gasteiger partial charge >= 0.3 is 6.18 Å². The van der Waals surface area contributed by atoms with E-state index in [9.17, 15) is 18.0 Å². The first-order chi connectivity index (χ1) is 16.7. The van der Waals surface area contributed by atoms with Crippen molar-refractivity contribution in [2.45, 2.75) is 12.6 Å². The number of halogens is 4. The van der Waals surface area contributed by atoms with Gasteiger partial charge in [-0.2, -0.15) is 23.4 Å². The van der Waals surface area contributed by atoms with Gasteiger partial charge in [-0.3, -0.25) is 4.79 Å². The molecule has 2 aromatic carbocycles. The Morgan fingerprint density at radius 1 is 1.03 bits per heavy atom. The molecule has 2 heterocycles. The SMILES string of the molecule is CN1CCN(c2ccc(CC(=O)c3ccc(Cl)c(C#Cc4ccnnc4)c3)cc2C(F)(F)F)CC1. The topological polar surface area (TPSA) is 49.3 Å². The van der Waals surface area contributed by atoms with Crippen LogP contribution in [0.5, 0.6) is 0 Å².